The number of aromatic nitrogens is 2. The number of esters is 1. The summed E-state index contributed by atoms with van der Waals surface area (Å²) in [7, 11) is 0. The van der Waals surface area contributed by atoms with Gasteiger partial charge in [-0.2, -0.15) is 11.3 Å². The minimum Gasteiger partial charge on any atom is -0.467 e. The number of carbonyl (C=O) groups excluding carboxylic acids is 2. The van der Waals surface area contributed by atoms with Gasteiger partial charge in [0, 0.05) is 17.0 Å². The molecule has 0 spiro atoms. The topological polar surface area (TPSA) is 83.4 Å². The highest BCUT2D eigenvalue weighted by Crippen LogP contribution is 2.18. The normalized spacial score (nSPS) is 12.4. The second kappa shape index (κ2) is 10.2. The van der Waals surface area contributed by atoms with Gasteiger partial charge in [0.1, 0.15) is 10.4 Å². The number of Topliss-reactive ketones (excluding diaryl/α,β-unsaturated/α-hetero) is 1. The summed E-state index contributed by atoms with van der Waals surface area (Å²) in [6, 6.07) is 7.44. The van der Waals surface area contributed by atoms with Crippen LogP contribution in [0.4, 0.5) is 0 Å². The molecule has 34 heavy (non-hydrogen) atoms. The van der Waals surface area contributed by atoms with Gasteiger partial charge < -0.3 is 13.7 Å². The smallest absolute Gasteiger partial charge is 0.333 e. The maximum Gasteiger partial charge on any atom is 0.333 e. The molecule has 0 atom stereocenters. The van der Waals surface area contributed by atoms with Gasteiger partial charge in [-0.25, -0.2) is 4.79 Å². The molecule has 4 heterocycles. The number of ketones is 1. The Balaban J connectivity index is 1.72. The Kier molecular flexibility index (Phi) is 7.14. The lowest BCUT2D eigenvalue weighted by Gasteiger charge is -2.08. The Labute approximate surface area is 203 Å². The van der Waals surface area contributed by atoms with Crippen LogP contribution in [0.2, 0.25) is 0 Å². The minimum absolute atomic E-state index is 0.177. The van der Waals surface area contributed by atoms with Crippen LogP contribution >= 0.6 is 22.7 Å². The van der Waals surface area contributed by atoms with Crippen LogP contribution in [0.1, 0.15) is 40.0 Å². The molecule has 0 N–H and O–H groups in total. The fourth-order valence-corrected chi connectivity index (χ4v) is 5.35. The van der Waals surface area contributed by atoms with Crippen molar-refractivity contribution in [2.75, 3.05) is 6.61 Å². The van der Waals surface area contributed by atoms with Crippen molar-refractivity contribution < 1.29 is 18.7 Å². The average molecular weight is 497 g/mol. The molecule has 0 aliphatic carbocycles. The Bertz CT molecular complexity index is 1490. The predicted octanol–water partition coefficient (Wildman–Crippen LogP) is 3.09. The zero-order chi connectivity index (χ0) is 24.2. The maximum atomic E-state index is 13.3. The van der Waals surface area contributed by atoms with Gasteiger partial charge in [-0.05, 0) is 67.4 Å². The van der Waals surface area contributed by atoms with E-state index < -0.39 is 5.97 Å². The number of hydrogen-bond acceptors (Lipinski definition) is 7. The lowest BCUT2D eigenvalue weighted by molar-refractivity contribution is -0.135. The SMILES string of the molecule is CCOC(=O)/C=c1\s/c(=C/c2ccsc2)c(=O)n1CC(=O)c1cc(C)n(Cc2ccco2)c1C. The highest BCUT2D eigenvalue weighted by molar-refractivity contribution is 7.08. The minimum atomic E-state index is -0.552. The zero-order valence-corrected chi connectivity index (χ0v) is 20.7. The van der Waals surface area contributed by atoms with E-state index in [1.54, 1.807) is 19.3 Å². The number of nitrogens with zero attached hydrogens (tertiary/aromatic N) is 2. The summed E-state index contributed by atoms with van der Waals surface area (Å²) in [5.74, 6) is 0.0257. The molecule has 0 aromatic carbocycles. The Morgan fingerprint density at radius 2 is 2.03 bits per heavy atom. The third kappa shape index (κ3) is 5.05. The fourth-order valence-electron chi connectivity index (χ4n) is 3.70. The lowest BCUT2D eigenvalue weighted by atomic mass is 10.1. The molecule has 0 bridgehead atoms. The van der Waals surface area contributed by atoms with Crippen LogP contribution in [0.15, 0.2) is 50.5 Å². The highest BCUT2D eigenvalue weighted by Gasteiger charge is 2.19. The van der Waals surface area contributed by atoms with Gasteiger partial charge in [0.25, 0.3) is 5.56 Å². The summed E-state index contributed by atoms with van der Waals surface area (Å²) in [6.07, 6.45) is 4.65. The van der Waals surface area contributed by atoms with E-state index in [1.165, 1.54) is 22.0 Å². The van der Waals surface area contributed by atoms with E-state index in [2.05, 4.69) is 0 Å². The molecule has 4 rings (SSSR count). The Morgan fingerprint density at radius 1 is 1.21 bits per heavy atom. The molecular formula is C25H24N2O5S2. The predicted molar refractivity (Wildman–Crippen MR) is 133 cm³/mol. The van der Waals surface area contributed by atoms with E-state index in [0.29, 0.717) is 21.3 Å². The number of carbonyl (C=O) groups is 2. The first-order chi connectivity index (χ1) is 16.4. The molecule has 0 amide bonds. The van der Waals surface area contributed by atoms with Crippen LogP contribution in [0.25, 0.3) is 12.2 Å². The monoisotopic (exact) mass is 496 g/mol. The molecule has 176 valence electrons. The molecule has 7 nitrogen and oxygen atoms in total. The molecule has 0 aliphatic heterocycles. The first kappa shape index (κ1) is 23.7. The Hall–Kier alpha value is -3.43. The van der Waals surface area contributed by atoms with Gasteiger partial charge in [0.2, 0.25) is 0 Å². The van der Waals surface area contributed by atoms with Crippen LogP contribution in [-0.4, -0.2) is 27.5 Å². The molecule has 0 fully saturated rings. The molecule has 0 saturated carbocycles. The molecule has 9 heteroatoms. The molecule has 0 saturated heterocycles. The maximum absolute atomic E-state index is 13.3. The summed E-state index contributed by atoms with van der Waals surface area (Å²) in [4.78, 5) is 38.6. The lowest BCUT2D eigenvalue weighted by Crippen LogP contribution is -2.34. The number of ether oxygens (including phenoxy) is 1. The fraction of sp³-hybridized carbons (Fsp3) is 0.240. The van der Waals surface area contributed by atoms with Crippen LogP contribution in [0, 0.1) is 13.8 Å². The van der Waals surface area contributed by atoms with Crippen molar-refractivity contribution in [1.82, 2.24) is 9.13 Å². The number of hydrogen-bond donors (Lipinski definition) is 0. The second-order valence-electron chi connectivity index (χ2n) is 7.67. The van der Waals surface area contributed by atoms with Crippen LogP contribution in [0.3, 0.4) is 0 Å². The van der Waals surface area contributed by atoms with Crippen molar-refractivity contribution >= 4 is 46.6 Å². The third-order valence-corrected chi connectivity index (χ3v) is 7.14. The van der Waals surface area contributed by atoms with Gasteiger partial charge in [-0.15, -0.1) is 11.3 Å². The molecule has 0 radical (unpaired) electrons. The van der Waals surface area contributed by atoms with Crippen molar-refractivity contribution in [3.8, 4) is 0 Å². The van der Waals surface area contributed by atoms with Crippen molar-refractivity contribution in [2.24, 2.45) is 0 Å². The second-order valence-corrected chi connectivity index (χ2v) is 9.51. The van der Waals surface area contributed by atoms with Gasteiger partial charge in [0.15, 0.2) is 5.78 Å². The van der Waals surface area contributed by atoms with Gasteiger partial charge in [0.05, 0.1) is 36.6 Å². The van der Waals surface area contributed by atoms with E-state index in [4.69, 9.17) is 9.15 Å². The molecule has 4 aromatic rings. The number of aryl methyl sites for hydroxylation is 1. The van der Waals surface area contributed by atoms with Crippen molar-refractivity contribution in [2.45, 2.75) is 33.9 Å². The first-order valence-electron chi connectivity index (χ1n) is 10.7. The van der Waals surface area contributed by atoms with Crippen molar-refractivity contribution in [1.29, 1.82) is 0 Å². The summed E-state index contributed by atoms with van der Waals surface area (Å²) < 4.78 is 14.6. The third-order valence-electron chi connectivity index (χ3n) is 5.38. The van der Waals surface area contributed by atoms with Crippen LogP contribution in [0.5, 0.6) is 0 Å². The Morgan fingerprint density at radius 3 is 2.71 bits per heavy atom. The number of rotatable bonds is 8. The standard InChI is InChI=1S/C25H24N2O5S2/c1-4-31-24(29)12-23-27(25(30)22(34-23)11-18-7-9-33-15-18)14-21(28)20-10-16(2)26(17(20)3)13-19-6-5-8-32-19/h5-12,15H,4,13-14H2,1-3H3/b22-11+,23-12-. The summed E-state index contributed by atoms with van der Waals surface area (Å²) in [6.45, 7) is 6.07. The number of thiazole rings is 1. The van der Waals surface area contributed by atoms with Crippen LogP contribution < -0.4 is 14.8 Å². The largest absolute Gasteiger partial charge is 0.467 e. The molecular weight excluding hydrogens is 472 g/mol. The quantitative estimate of drug-likeness (QED) is 0.277. The van der Waals surface area contributed by atoms with E-state index in [-0.39, 0.29) is 24.5 Å². The number of furan rings is 1. The molecule has 0 aliphatic rings. The highest BCUT2D eigenvalue weighted by atomic mass is 32.1. The van der Waals surface area contributed by atoms with Crippen molar-refractivity contribution in [3.05, 3.63) is 89.1 Å². The van der Waals surface area contributed by atoms with E-state index in [0.717, 1.165) is 34.0 Å². The van der Waals surface area contributed by atoms with E-state index in [9.17, 15) is 14.4 Å². The van der Waals surface area contributed by atoms with Crippen molar-refractivity contribution in [3.63, 3.8) is 0 Å². The summed E-state index contributed by atoms with van der Waals surface area (Å²) in [5, 5.41) is 3.85. The average Bonchev–Trinajstić information content (AvgIpc) is 3.59. The number of thiophene rings is 1. The van der Waals surface area contributed by atoms with E-state index in [1.807, 2.05) is 53.4 Å². The summed E-state index contributed by atoms with van der Waals surface area (Å²) >= 11 is 2.69. The van der Waals surface area contributed by atoms with Crippen LogP contribution in [-0.2, 0) is 22.6 Å². The van der Waals surface area contributed by atoms with Gasteiger partial charge in [-0.1, -0.05) is 0 Å². The first-order valence-corrected chi connectivity index (χ1v) is 12.5. The summed E-state index contributed by atoms with van der Waals surface area (Å²) in [5.41, 5.74) is 2.82. The zero-order valence-electron chi connectivity index (χ0n) is 19.1. The van der Waals surface area contributed by atoms with Gasteiger partial charge >= 0.3 is 5.97 Å². The van der Waals surface area contributed by atoms with E-state index >= 15 is 0 Å². The molecule has 0 unspecified atom stereocenters. The van der Waals surface area contributed by atoms with Gasteiger partial charge in [-0.3, -0.25) is 14.2 Å². The molecule has 4 aromatic heterocycles.